The van der Waals surface area contributed by atoms with Gasteiger partial charge in [-0.05, 0) is 64.1 Å². The molecule has 2 aliphatic rings. The molecular weight excluding hydrogens is 316 g/mol. The van der Waals surface area contributed by atoms with Crippen LogP contribution in [0.3, 0.4) is 0 Å². The Morgan fingerprint density at radius 2 is 1.46 bits per heavy atom. The van der Waals surface area contributed by atoms with Crippen LogP contribution in [0.25, 0.3) is 0 Å². The molecule has 0 saturated carbocycles. The zero-order chi connectivity index (χ0) is 19.1. The Balaban J connectivity index is 1.91. The second-order valence-corrected chi connectivity index (χ2v) is 9.82. The lowest BCUT2D eigenvalue weighted by molar-refractivity contribution is 0.125. The minimum absolute atomic E-state index is 0.137. The molecular formula is C24H32N2. The Bertz CT molecular complexity index is 889. The van der Waals surface area contributed by atoms with Crippen molar-refractivity contribution < 1.29 is 0 Å². The first kappa shape index (κ1) is 17.5. The van der Waals surface area contributed by atoms with E-state index < -0.39 is 0 Å². The molecule has 0 saturated heterocycles. The largest absolute Gasteiger partial charge is 0.355 e. The molecule has 26 heavy (non-hydrogen) atoms. The lowest BCUT2D eigenvalue weighted by Crippen LogP contribution is -2.42. The molecule has 0 radical (unpaired) electrons. The van der Waals surface area contributed by atoms with Crippen molar-refractivity contribution in [2.45, 2.75) is 59.3 Å². The van der Waals surface area contributed by atoms with Crippen LogP contribution in [0.4, 0.5) is 17.1 Å². The molecule has 2 aromatic rings. The zero-order valence-corrected chi connectivity index (χ0v) is 17.6. The van der Waals surface area contributed by atoms with E-state index in [4.69, 9.17) is 0 Å². The fraction of sp³-hybridized carbons (Fsp3) is 0.500. The van der Waals surface area contributed by atoms with E-state index in [1.165, 1.54) is 28.2 Å². The Kier molecular flexibility index (Phi) is 3.40. The quantitative estimate of drug-likeness (QED) is 0.611. The normalized spacial score (nSPS) is 21.7. The average molecular weight is 349 g/mol. The summed E-state index contributed by atoms with van der Waals surface area (Å²) in [6.45, 7) is 17.8. The Hall–Kier alpha value is -1.96. The lowest BCUT2D eigenvalue weighted by Gasteiger charge is -2.44. The van der Waals surface area contributed by atoms with E-state index >= 15 is 0 Å². The molecule has 1 aliphatic carbocycles. The Labute approximate surface area is 158 Å². The number of anilines is 3. The van der Waals surface area contributed by atoms with Crippen molar-refractivity contribution in [3.63, 3.8) is 0 Å². The summed E-state index contributed by atoms with van der Waals surface area (Å²) >= 11 is 0. The highest BCUT2D eigenvalue weighted by Gasteiger charge is 2.57. The van der Waals surface area contributed by atoms with Gasteiger partial charge in [0.25, 0.3) is 0 Å². The maximum absolute atomic E-state index is 2.47. The van der Waals surface area contributed by atoms with Gasteiger partial charge in [0.1, 0.15) is 0 Å². The monoisotopic (exact) mass is 348 g/mol. The molecule has 2 nitrogen and oxygen atoms in total. The van der Waals surface area contributed by atoms with Crippen molar-refractivity contribution in [1.29, 1.82) is 0 Å². The van der Waals surface area contributed by atoms with E-state index in [9.17, 15) is 0 Å². The van der Waals surface area contributed by atoms with Gasteiger partial charge in [0.2, 0.25) is 0 Å². The van der Waals surface area contributed by atoms with Gasteiger partial charge in [-0.3, -0.25) is 0 Å². The van der Waals surface area contributed by atoms with Crippen LogP contribution in [0.2, 0.25) is 0 Å². The topological polar surface area (TPSA) is 6.48 Å². The number of benzene rings is 2. The maximum atomic E-state index is 2.47. The summed E-state index contributed by atoms with van der Waals surface area (Å²) in [7, 11) is 2.18. The number of rotatable bonds is 1. The first-order valence-corrected chi connectivity index (χ1v) is 9.73. The van der Waals surface area contributed by atoms with E-state index in [-0.39, 0.29) is 16.2 Å². The number of nitrogens with zero attached hydrogens (tertiary/aromatic N) is 2. The molecule has 0 N–H and O–H groups in total. The van der Waals surface area contributed by atoms with Crippen LogP contribution < -0.4 is 9.80 Å². The summed E-state index contributed by atoms with van der Waals surface area (Å²) in [6.07, 6.45) is 0. The molecule has 2 heteroatoms. The third-order valence-electron chi connectivity index (χ3n) is 7.99. The second-order valence-electron chi connectivity index (χ2n) is 9.82. The smallest absolute Gasteiger partial charge is 0.0950 e. The van der Waals surface area contributed by atoms with Crippen molar-refractivity contribution in [3.05, 3.63) is 53.1 Å². The zero-order valence-electron chi connectivity index (χ0n) is 17.6. The second kappa shape index (κ2) is 5.06. The van der Waals surface area contributed by atoms with E-state index in [0.29, 0.717) is 0 Å². The molecule has 0 spiro atoms. The average Bonchev–Trinajstić information content (AvgIpc) is 2.95. The minimum Gasteiger partial charge on any atom is -0.355 e. The number of aryl methyl sites for hydroxylation is 1. The lowest BCUT2D eigenvalue weighted by atomic mass is 9.59. The van der Waals surface area contributed by atoms with Crippen LogP contribution in [0.5, 0.6) is 0 Å². The summed E-state index contributed by atoms with van der Waals surface area (Å²) in [5, 5.41) is 0. The third kappa shape index (κ3) is 1.93. The minimum atomic E-state index is 0.137. The van der Waals surface area contributed by atoms with E-state index in [1.54, 1.807) is 5.56 Å². The highest BCUT2D eigenvalue weighted by molar-refractivity contribution is 5.82. The Morgan fingerprint density at radius 3 is 2.12 bits per heavy atom. The molecule has 0 fully saturated rings. The van der Waals surface area contributed by atoms with Gasteiger partial charge in [-0.1, -0.05) is 53.7 Å². The van der Waals surface area contributed by atoms with Crippen LogP contribution in [0.15, 0.2) is 36.4 Å². The van der Waals surface area contributed by atoms with Crippen molar-refractivity contribution in [3.8, 4) is 0 Å². The van der Waals surface area contributed by atoms with Crippen molar-refractivity contribution >= 4 is 17.1 Å². The summed E-state index contributed by atoms with van der Waals surface area (Å²) in [5.74, 6) is 0. The van der Waals surface area contributed by atoms with Gasteiger partial charge in [0.05, 0.1) is 18.0 Å². The van der Waals surface area contributed by atoms with E-state index in [0.717, 1.165) is 6.67 Å². The highest BCUT2D eigenvalue weighted by atomic mass is 15.4. The number of hydrogen-bond donors (Lipinski definition) is 0. The summed E-state index contributed by atoms with van der Waals surface area (Å²) in [4.78, 5) is 4.79. The maximum Gasteiger partial charge on any atom is 0.0950 e. The van der Waals surface area contributed by atoms with Gasteiger partial charge in [-0.2, -0.15) is 0 Å². The summed E-state index contributed by atoms with van der Waals surface area (Å²) in [5.41, 5.74) is 8.94. The third-order valence-corrected chi connectivity index (χ3v) is 7.99. The van der Waals surface area contributed by atoms with Crippen LogP contribution in [0.1, 0.15) is 58.2 Å². The van der Waals surface area contributed by atoms with E-state index in [1.807, 2.05) is 0 Å². The van der Waals surface area contributed by atoms with Crippen LogP contribution in [-0.2, 0) is 10.8 Å². The fourth-order valence-corrected chi connectivity index (χ4v) is 5.28. The SMILES string of the molecule is Cc1cc(N2CN(C)c3ccccc32)cc2c1C(C)(C)C(C)(C)C2(C)C. The molecule has 0 amide bonds. The predicted octanol–water partition coefficient (Wildman–Crippen LogP) is 6.14. The number of hydrogen-bond acceptors (Lipinski definition) is 2. The molecule has 2 aromatic carbocycles. The van der Waals surface area contributed by atoms with Crippen LogP contribution >= 0.6 is 0 Å². The first-order valence-electron chi connectivity index (χ1n) is 9.73. The molecule has 4 rings (SSSR count). The van der Waals surface area contributed by atoms with Crippen LogP contribution in [-0.4, -0.2) is 13.7 Å². The fourth-order valence-electron chi connectivity index (χ4n) is 5.28. The summed E-state index contributed by atoms with van der Waals surface area (Å²) < 4.78 is 0. The van der Waals surface area contributed by atoms with Crippen molar-refractivity contribution in [2.75, 3.05) is 23.5 Å². The number of para-hydroxylation sites is 2. The predicted molar refractivity (Wildman–Crippen MR) is 113 cm³/mol. The molecule has 0 bridgehead atoms. The summed E-state index contributed by atoms with van der Waals surface area (Å²) in [6, 6.07) is 13.6. The van der Waals surface area contributed by atoms with Gasteiger partial charge in [0, 0.05) is 12.7 Å². The standard InChI is InChI=1S/C24H32N2/c1-16-13-17(26-15-25(8)19-11-9-10-12-20(19)26)14-18-21(16)23(4,5)24(6,7)22(18,2)3/h9-14H,15H2,1-8H3. The van der Waals surface area contributed by atoms with Crippen molar-refractivity contribution in [1.82, 2.24) is 0 Å². The molecule has 0 atom stereocenters. The molecule has 0 unspecified atom stereocenters. The van der Waals surface area contributed by atoms with Gasteiger partial charge in [0.15, 0.2) is 0 Å². The van der Waals surface area contributed by atoms with Crippen molar-refractivity contribution in [2.24, 2.45) is 5.41 Å². The van der Waals surface area contributed by atoms with Gasteiger partial charge >= 0.3 is 0 Å². The molecule has 1 aliphatic heterocycles. The van der Waals surface area contributed by atoms with Gasteiger partial charge in [-0.15, -0.1) is 0 Å². The highest BCUT2D eigenvalue weighted by Crippen LogP contribution is 2.62. The van der Waals surface area contributed by atoms with Crippen LogP contribution in [0, 0.1) is 12.3 Å². The van der Waals surface area contributed by atoms with Gasteiger partial charge < -0.3 is 9.80 Å². The molecule has 138 valence electrons. The number of fused-ring (bicyclic) bond motifs is 2. The molecule has 0 aromatic heterocycles. The Morgan fingerprint density at radius 1 is 0.846 bits per heavy atom. The first-order chi connectivity index (χ1) is 12.0. The molecule has 1 heterocycles. The van der Waals surface area contributed by atoms with Gasteiger partial charge in [-0.25, -0.2) is 0 Å². The van der Waals surface area contributed by atoms with E-state index in [2.05, 4.69) is 102 Å².